The first-order valence-electron chi connectivity index (χ1n) is 5.78. The van der Waals surface area contributed by atoms with Gasteiger partial charge in [-0.3, -0.25) is 0 Å². The first kappa shape index (κ1) is 17.1. The second kappa shape index (κ2) is 9.07. The Hall–Kier alpha value is -1.92. The molecule has 0 amide bonds. The highest BCUT2D eigenvalue weighted by atomic mass is 16.4. The highest BCUT2D eigenvalue weighted by Crippen LogP contribution is 2.07. The summed E-state index contributed by atoms with van der Waals surface area (Å²) >= 11 is 0. The molecule has 1 rings (SSSR count). The van der Waals surface area contributed by atoms with Gasteiger partial charge in [0.05, 0.1) is 17.2 Å². The van der Waals surface area contributed by atoms with Gasteiger partial charge >= 0.3 is 11.9 Å². The lowest BCUT2D eigenvalue weighted by molar-refractivity contribution is 0.0651. The molecule has 0 radical (unpaired) electrons. The van der Waals surface area contributed by atoms with Gasteiger partial charge in [0.25, 0.3) is 0 Å². The van der Waals surface area contributed by atoms with E-state index in [0.717, 1.165) is 6.42 Å². The van der Waals surface area contributed by atoms with Crippen LogP contribution >= 0.6 is 0 Å². The number of hydrogen-bond donors (Lipinski definition) is 4. The van der Waals surface area contributed by atoms with Crippen molar-refractivity contribution >= 4 is 11.9 Å². The summed E-state index contributed by atoms with van der Waals surface area (Å²) in [5, 5.41) is 34.0. The van der Waals surface area contributed by atoms with Gasteiger partial charge in [0.15, 0.2) is 0 Å². The Bertz CT molecular complexity index is 382. The number of aliphatic hydroxyl groups is 2. The van der Waals surface area contributed by atoms with Crippen molar-refractivity contribution in [2.75, 3.05) is 6.61 Å². The maximum Gasteiger partial charge on any atom is 0.336 e. The maximum absolute atomic E-state index is 10.5. The number of carboxylic acids is 2. The van der Waals surface area contributed by atoms with Crippen molar-refractivity contribution in [3.8, 4) is 0 Å². The van der Waals surface area contributed by atoms with Crippen LogP contribution in [0.25, 0.3) is 0 Å². The molecule has 0 bridgehead atoms. The minimum absolute atomic E-state index is 0.0923. The van der Waals surface area contributed by atoms with E-state index in [0.29, 0.717) is 6.42 Å². The molecule has 106 valence electrons. The zero-order chi connectivity index (χ0) is 14.8. The first-order valence-corrected chi connectivity index (χ1v) is 5.78. The molecule has 1 aromatic rings. The van der Waals surface area contributed by atoms with Crippen LogP contribution in [-0.4, -0.2) is 45.1 Å². The molecule has 1 aromatic carbocycles. The van der Waals surface area contributed by atoms with Crippen molar-refractivity contribution < 1.29 is 30.0 Å². The third-order valence-corrected chi connectivity index (χ3v) is 2.32. The Morgan fingerprint density at radius 1 is 1.11 bits per heavy atom. The summed E-state index contributed by atoms with van der Waals surface area (Å²) in [6.07, 6.45) is 0.946. The second-order valence-electron chi connectivity index (χ2n) is 3.73. The number of rotatable bonds is 5. The summed E-state index contributed by atoms with van der Waals surface area (Å²) in [6.45, 7) is 1.98. The lowest BCUT2D eigenvalue weighted by atomic mass is 10.1. The fourth-order valence-corrected chi connectivity index (χ4v) is 1.21. The predicted molar refractivity (Wildman–Crippen MR) is 68.4 cm³/mol. The summed E-state index contributed by atoms with van der Waals surface area (Å²) in [5.74, 6) is -2.46. The van der Waals surface area contributed by atoms with Crippen molar-refractivity contribution in [3.63, 3.8) is 0 Å². The number of aromatic carboxylic acids is 2. The molecule has 0 aliphatic heterocycles. The average Bonchev–Trinajstić information content (AvgIpc) is 2.39. The molecule has 1 atom stereocenters. The van der Waals surface area contributed by atoms with Crippen LogP contribution in [0.3, 0.4) is 0 Å². The Morgan fingerprint density at radius 3 is 1.74 bits per heavy atom. The zero-order valence-corrected chi connectivity index (χ0v) is 10.6. The number of carboxylic acid groups (broad SMARTS) is 2. The highest BCUT2D eigenvalue weighted by Gasteiger charge is 2.13. The van der Waals surface area contributed by atoms with Crippen LogP contribution in [0.1, 0.15) is 40.5 Å². The van der Waals surface area contributed by atoms with Gasteiger partial charge in [-0.25, -0.2) is 9.59 Å². The molecular formula is C13H18O6. The minimum Gasteiger partial charge on any atom is -0.478 e. The third kappa shape index (κ3) is 6.54. The SMILES string of the molecule is CCC(O)CCO.O=C(O)c1ccccc1C(=O)O. The van der Waals surface area contributed by atoms with Gasteiger partial charge in [0.2, 0.25) is 0 Å². The molecule has 0 spiro atoms. The van der Waals surface area contributed by atoms with Crippen molar-refractivity contribution in [3.05, 3.63) is 35.4 Å². The van der Waals surface area contributed by atoms with Gasteiger partial charge < -0.3 is 20.4 Å². The molecule has 4 N–H and O–H groups in total. The molecule has 1 unspecified atom stereocenters. The van der Waals surface area contributed by atoms with Crippen LogP contribution < -0.4 is 0 Å². The number of benzene rings is 1. The highest BCUT2D eigenvalue weighted by molar-refractivity contribution is 6.01. The van der Waals surface area contributed by atoms with E-state index in [1.54, 1.807) is 0 Å². The second-order valence-corrected chi connectivity index (χ2v) is 3.73. The Balaban J connectivity index is 0.000000399. The molecule has 0 aromatic heterocycles. The van der Waals surface area contributed by atoms with Crippen LogP contribution in [-0.2, 0) is 0 Å². The lowest BCUT2D eigenvalue weighted by Gasteiger charge is -2.01. The smallest absolute Gasteiger partial charge is 0.336 e. The minimum atomic E-state index is -1.23. The largest absolute Gasteiger partial charge is 0.478 e. The van der Waals surface area contributed by atoms with Gasteiger partial charge in [-0.1, -0.05) is 19.1 Å². The van der Waals surface area contributed by atoms with E-state index < -0.39 is 11.9 Å². The van der Waals surface area contributed by atoms with E-state index in [2.05, 4.69) is 0 Å². The molecule has 6 heteroatoms. The zero-order valence-electron chi connectivity index (χ0n) is 10.6. The molecule has 0 aliphatic rings. The van der Waals surface area contributed by atoms with Crippen molar-refractivity contribution in [2.24, 2.45) is 0 Å². The average molecular weight is 270 g/mol. The maximum atomic E-state index is 10.5. The van der Waals surface area contributed by atoms with Gasteiger partial charge in [-0.2, -0.15) is 0 Å². The van der Waals surface area contributed by atoms with Crippen molar-refractivity contribution in [1.82, 2.24) is 0 Å². The molecule has 6 nitrogen and oxygen atoms in total. The van der Waals surface area contributed by atoms with E-state index in [1.807, 2.05) is 6.92 Å². The summed E-state index contributed by atoms with van der Waals surface area (Å²) in [5.41, 5.74) is -0.380. The van der Waals surface area contributed by atoms with E-state index in [1.165, 1.54) is 24.3 Å². The summed E-state index contributed by atoms with van der Waals surface area (Å²) < 4.78 is 0. The van der Waals surface area contributed by atoms with E-state index in [-0.39, 0.29) is 23.8 Å². The monoisotopic (exact) mass is 270 g/mol. The summed E-state index contributed by atoms with van der Waals surface area (Å²) in [4.78, 5) is 20.9. The van der Waals surface area contributed by atoms with Crippen LogP contribution in [0.2, 0.25) is 0 Å². The van der Waals surface area contributed by atoms with Gasteiger partial charge in [-0.15, -0.1) is 0 Å². The molecule has 0 saturated heterocycles. The normalized spacial score (nSPS) is 11.1. The van der Waals surface area contributed by atoms with Gasteiger partial charge in [-0.05, 0) is 25.0 Å². The molecule has 0 fully saturated rings. The van der Waals surface area contributed by atoms with E-state index >= 15 is 0 Å². The summed E-state index contributed by atoms with van der Waals surface area (Å²) in [6, 6.07) is 5.48. The Labute approximate surface area is 110 Å². The van der Waals surface area contributed by atoms with Crippen LogP contribution in [0.5, 0.6) is 0 Å². The van der Waals surface area contributed by atoms with E-state index in [9.17, 15) is 9.59 Å². The fourth-order valence-electron chi connectivity index (χ4n) is 1.21. The Kier molecular flexibility index (Phi) is 8.15. The van der Waals surface area contributed by atoms with Crippen LogP contribution in [0, 0.1) is 0 Å². The van der Waals surface area contributed by atoms with Gasteiger partial charge in [0, 0.05) is 6.61 Å². The van der Waals surface area contributed by atoms with Crippen molar-refractivity contribution in [2.45, 2.75) is 25.9 Å². The molecular weight excluding hydrogens is 252 g/mol. The summed E-state index contributed by atoms with van der Waals surface area (Å²) in [7, 11) is 0. The standard InChI is InChI=1S/C8H6O4.C5H12O2/c9-7(10)5-3-1-2-4-6(5)8(11)12;1-2-5(7)3-4-6/h1-4H,(H,9,10)(H,11,12);5-7H,2-4H2,1H3. The van der Waals surface area contributed by atoms with Gasteiger partial charge in [0.1, 0.15) is 0 Å². The number of carbonyl (C=O) groups is 2. The lowest BCUT2D eigenvalue weighted by Crippen LogP contribution is -2.06. The Morgan fingerprint density at radius 2 is 1.53 bits per heavy atom. The number of hydrogen-bond acceptors (Lipinski definition) is 4. The molecule has 0 heterocycles. The quantitative estimate of drug-likeness (QED) is 0.639. The molecule has 0 saturated carbocycles. The fraction of sp³-hybridized carbons (Fsp3) is 0.385. The predicted octanol–water partition coefficient (Wildman–Crippen LogP) is 1.22. The molecule has 19 heavy (non-hydrogen) atoms. The van der Waals surface area contributed by atoms with Crippen LogP contribution in [0.4, 0.5) is 0 Å². The topological polar surface area (TPSA) is 115 Å². The first-order chi connectivity index (χ1) is 8.93. The van der Waals surface area contributed by atoms with E-state index in [4.69, 9.17) is 20.4 Å². The molecule has 0 aliphatic carbocycles. The number of aliphatic hydroxyl groups excluding tert-OH is 2. The van der Waals surface area contributed by atoms with Crippen molar-refractivity contribution in [1.29, 1.82) is 0 Å². The van der Waals surface area contributed by atoms with Crippen LogP contribution in [0.15, 0.2) is 24.3 Å². The third-order valence-electron chi connectivity index (χ3n) is 2.32.